The van der Waals surface area contributed by atoms with E-state index in [4.69, 9.17) is 0 Å². The van der Waals surface area contributed by atoms with Gasteiger partial charge in [-0.15, -0.1) is 22.7 Å². The van der Waals surface area contributed by atoms with Gasteiger partial charge in [0.2, 0.25) is 0 Å². The number of halogens is 1. The molecular formula is C21H27BrN2S2. The third kappa shape index (κ3) is 3.30. The standard InChI is InChI=1S/C21H27N2S2.BrH/c1-23(2)17-6-3-7-18(23)13-16(12-17)14-21(15-22,19-8-4-10-24-19)20-9-5-11-25-20;/h4-5,8-11,16-18H,3,6-7,12-14H2,1-2H3;1H/q+1;/p-1. The van der Waals surface area contributed by atoms with E-state index in [1.807, 2.05) is 0 Å². The largest absolute Gasteiger partial charge is 1.00 e. The van der Waals surface area contributed by atoms with Crippen LogP contribution in [0.25, 0.3) is 0 Å². The predicted molar refractivity (Wildman–Crippen MR) is 106 cm³/mol. The molecule has 2 aliphatic rings. The molecule has 0 N–H and O–H groups in total. The van der Waals surface area contributed by atoms with Crippen LogP contribution >= 0.6 is 22.7 Å². The van der Waals surface area contributed by atoms with Gasteiger partial charge in [0.15, 0.2) is 0 Å². The summed E-state index contributed by atoms with van der Waals surface area (Å²) in [6.07, 6.45) is 7.66. The van der Waals surface area contributed by atoms with Gasteiger partial charge < -0.3 is 21.5 Å². The fourth-order valence-corrected chi connectivity index (χ4v) is 7.19. The summed E-state index contributed by atoms with van der Waals surface area (Å²) in [5.74, 6) is 0.658. The topological polar surface area (TPSA) is 23.8 Å². The average Bonchev–Trinajstić information content (AvgIpc) is 3.27. The second kappa shape index (κ2) is 7.75. The zero-order valence-electron chi connectivity index (χ0n) is 15.5. The van der Waals surface area contributed by atoms with Gasteiger partial charge in [0.25, 0.3) is 0 Å². The summed E-state index contributed by atoms with van der Waals surface area (Å²) in [4.78, 5) is 2.45. The third-order valence-corrected chi connectivity index (χ3v) is 8.90. The highest BCUT2D eigenvalue weighted by molar-refractivity contribution is 7.11. The van der Waals surface area contributed by atoms with Crippen LogP contribution in [0, 0.1) is 17.2 Å². The molecule has 2 nitrogen and oxygen atoms in total. The lowest BCUT2D eigenvalue weighted by atomic mass is 9.69. The Balaban J connectivity index is 0.00000196. The minimum atomic E-state index is -0.449. The summed E-state index contributed by atoms with van der Waals surface area (Å²) in [5.41, 5.74) is -0.449. The number of hydrogen-bond donors (Lipinski definition) is 0. The van der Waals surface area contributed by atoms with Crippen LogP contribution in [0.1, 0.15) is 48.3 Å². The lowest BCUT2D eigenvalue weighted by Crippen LogP contribution is -3.00. The molecule has 140 valence electrons. The van der Waals surface area contributed by atoms with Crippen molar-refractivity contribution in [2.24, 2.45) is 5.92 Å². The highest BCUT2D eigenvalue weighted by Gasteiger charge is 2.49. The molecule has 2 aromatic heterocycles. The normalized spacial score (nSPS) is 27.3. The van der Waals surface area contributed by atoms with Crippen molar-refractivity contribution in [2.45, 2.75) is 56.0 Å². The van der Waals surface area contributed by atoms with Crippen LogP contribution in [0.5, 0.6) is 0 Å². The van der Waals surface area contributed by atoms with Gasteiger partial charge in [-0.25, -0.2) is 0 Å². The van der Waals surface area contributed by atoms with E-state index in [0.717, 1.165) is 18.5 Å². The Morgan fingerprint density at radius 1 is 1.08 bits per heavy atom. The van der Waals surface area contributed by atoms with E-state index in [1.165, 1.54) is 46.3 Å². The molecule has 0 spiro atoms. The molecule has 5 heteroatoms. The van der Waals surface area contributed by atoms with Crippen LogP contribution < -0.4 is 17.0 Å². The van der Waals surface area contributed by atoms with Gasteiger partial charge in [0.05, 0.1) is 32.2 Å². The molecule has 2 unspecified atom stereocenters. The van der Waals surface area contributed by atoms with Gasteiger partial charge in [0, 0.05) is 22.6 Å². The number of rotatable bonds is 4. The van der Waals surface area contributed by atoms with E-state index < -0.39 is 5.41 Å². The summed E-state index contributed by atoms with van der Waals surface area (Å²) in [5, 5.41) is 14.5. The maximum absolute atomic E-state index is 10.3. The Morgan fingerprint density at radius 3 is 2.04 bits per heavy atom. The number of fused-ring (bicyclic) bond motifs is 2. The Labute approximate surface area is 175 Å². The maximum Gasteiger partial charge on any atom is 0.126 e. The van der Waals surface area contributed by atoms with Crippen molar-refractivity contribution in [1.29, 1.82) is 5.26 Å². The minimum absolute atomic E-state index is 0. The quantitative estimate of drug-likeness (QED) is 0.656. The molecule has 2 aliphatic heterocycles. The molecule has 26 heavy (non-hydrogen) atoms. The number of nitrogens with zero attached hydrogens (tertiary/aromatic N) is 2. The minimum Gasteiger partial charge on any atom is -1.00 e. The molecular weight excluding hydrogens is 424 g/mol. The first kappa shape index (κ1) is 20.1. The molecule has 0 saturated carbocycles. The van der Waals surface area contributed by atoms with Crippen molar-refractivity contribution in [3.63, 3.8) is 0 Å². The fourth-order valence-electron chi connectivity index (χ4n) is 5.32. The summed E-state index contributed by atoms with van der Waals surface area (Å²) in [7, 11) is 4.86. The van der Waals surface area contributed by atoms with E-state index in [2.05, 4.69) is 55.2 Å². The molecule has 2 fully saturated rings. The van der Waals surface area contributed by atoms with Gasteiger partial charge in [-0.05, 0) is 54.5 Å². The van der Waals surface area contributed by atoms with Crippen molar-refractivity contribution in [1.82, 2.24) is 0 Å². The van der Waals surface area contributed by atoms with Gasteiger partial charge in [-0.3, -0.25) is 0 Å². The van der Waals surface area contributed by atoms with Crippen molar-refractivity contribution >= 4 is 22.7 Å². The van der Waals surface area contributed by atoms with Gasteiger partial charge in [-0.1, -0.05) is 12.1 Å². The molecule has 2 aromatic rings. The van der Waals surface area contributed by atoms with Crippen LogP contribution in [0.2, 0.25) is 0 Å². The number of quaternary nitrogens is 1. The van der Waals surface area contributed by atoms with Crippen LogP contribution in [-0.4, -0.2) is 30.7 Å². The maximum atomic E-state index is 10.3. The highest BCUT2D eigenvalue weighted by Crippen LogP contribution is 2.48. The average molecular weight is 451 g/mol. The van der Waals surface area contributed by atoms with E-state index >= 15 is 0 Å². The van der Waals surface area contributed by atoms with Gasteiger partial charge in [0.1, 0.15) is 5.41 Å². The Kier molecular flexibility index (Phi) is 5.99. The highest BCUT2D eigenvalue weighted by atomic mass is 79.9. The SMILES string of the molecule is C[N+]1(C)C2CCCC1CC(CC(C#N)(c1cccs1)c1cccs1)C2.[Br-]. The molecule has 2 bridgehead atoms. The number of hydrogen-bond acceptors (Lipinski definition) is 3. The second-order valence-electron chi connectivity index (χ2n) is 8.38. The van der Waals surface area contributed by atoms with Gasteiger partial charge in [-0.2, -0.15) is 5.26 Å². The van der Waals surface area contributed by atoms with Crippen LogP contribution in [-0.2, 0) is 5.41 Å². The molecule has 4 heterocycles. The summed E-state index contributed by atoms with van der Waals surface area (Å²) in [6, 6.07) is 12.8. The molecule has 4 rings (SSSR count). The molecule has 2 saturated heterocycles. The van der Waals surface area contributed by atoms with Crippen LogP contribution in [0.3, 0.4) is 0 Å². The van der Waals surface area contributed by atoms with E-state index in [9.17, 15) is 5.26 Å². The smallest absolute Gasteiger partial charge is 0.126 e. The Morgan fingerprint density at radius 2 is 1.62 bits per heavy atom. The number of nitriles is 1. The van der Waals surface area contributed by atoms with Crippen molar-refractivity contribution in [2.75, 3.05) is 14.1 Å². The first-order valence-electron chi connectivity index (χ1n) is 9.39. The number of piperidine rings is 2. The van der Waals surface area contributed by atoms with Crippen LogP contribution in [0.15, 0.2) is 35.0 Å². The van der Waals surface area contributed by atoms with Crippen molar-refractivity contribution in [3.8, 4) is 6.07 Å². The van der Waals surface area contributed by atoms with Crippen molar-refractivity contribution in [3.05, 3.63) is 44.8 Å². The third-order valence-electron chi connectivity index (χ3n) is 6.84. The summed E-state index contributed by atoms with van der Waals surface area (Å²) >= 11 is 3.49. The van der Waals surface area contributed by atoms with E-state index in [0.29, 0.717) is 5.92 Å². The second-order valence-corrected chi connectivity index (χ2v) is 10.3. The summed E-state index contributed by atoms with van der Waals surface area (Å²) < 4.78 is 1.20. The number of thiophene rings is 2. The lowest BCUT2D eigenvalue weighted by molar-refractivity contribution is -0.950. The Bertz CT molecular complexity index is 695. The molecule has 0 aliphatic carbocycles. The zero-order chi connectivity index (χ0) is 17.5. The van der Waals surface area contributed by atoms with Gasteiger partial charge >= 0.3 is 0 Å². The first-order valence-corrected chi connectivity index (χ1v) is 11.1. The van der Waals surface area contributed by atoms with E-state index in [-0.39, 0.29) is 17.0 Å². The van der Waals surface area contributed by atoms with Crippen LogP contribution in [0.4, 0.5) is 0 Å². The predicted octanol–water partition coefficient (Wildman–Crippen LogP) is 2.42. The first-order chi connectivity index (χ1) is 12.1. The molecule has 2 atom stereocenters. The van der Waals surface area contributed by atoms with E-state index in [1.54, 1.807) is 22.7 Å². The monoisotopic (exact) mass is 450 g/mol. The molecule has 0 aromatic carbocycles. The molecule has 0 amide bonds. The Hall–Kier alpha value is -0.670. The molecule has 0 radical (unpaired) electrons. The van der Waals surface area contributed by atoms with Crippen molar-refractivity contribution < 1.29 is 21.5 Å². The summed E-state index contributed by atoms with van der Waals surface area (Å²) in [6.45, 7) is 0. The fraction of sp³-hybridized carbons (Fsp3) is 0.571. The lowest BCUT2D eigenvalue weighted by Gasteiger charge is -2.54. The zero-order valence-corrected chi connectivity index (χ0v) is 18.7.